The number of carbonyl (C=O) groups is 2. The number of aryl methyl sites for hydroxylation is 1. The Morgan fingerprint density at radius 2 is 1.71 bits per heavy atom. The normalized spacial score (nSPS) is 11.4. The zero-order valence-corrected chi connectivity index (χ0v) is 20.7. The van der Waals surface area contributed by atoms with Crippen LogP contribution < -0.4 is 21.5 Å². The average molecular weight is 491 g/mol. The monoisotopic (exact) mass is 490 g/mol. The van der Waals surface area contributed by atoms with E-state index in [4.69, 9.17) is 20.9 Å². The average Bonchev–Trinajstić information content (AvgIpc) is 2.66. The molecule has 0 saturated carbocycles. The molecule has 0 heterocycles. The van der Waals surface area contributed by atoms with E-state index < -0.39 is 33.4 Å². The predicted octanol–water partition coefficient (Wildman–Crippen LogP) is 2.67. The van der Waals surface area contributed by atoms with Crippen molar-refractivity contribution in [2.45, 2.75) is 44.6 Å². The Morgan fingerprint density at radius 1 is 1.09 bits per heavy atom. The van der Waals surface area contributed by atoms with Crippen LogP contribution in [0.25, 0.3) is 0 Å². The number of nitrogens with two attached hydrogens (primary N) is 2. The molecule has 2 amide bonds. The molecule has 10 nitrogen and oxygen atoms in total. The zero-order chi connectivity index (χ0) is 25.7. The number of benzene rings is 2. The van der Waals surface area contributed by atoms with Gasteiger partial charge in [-0.15, -0.1) is 0 Å². The van der Waals surface area contributed by atoms with Crippen LogP contribution in [0.5, 0.6) is 11.5 Å². The summed E-state index contributed by atoms with van der Waals surface area (Å²) in [5.41, 5.74) is 11.4. The lowest BCUT2D eigenvalue weighted by Gasteiger charge is -2.19. The molecule has 0 saturated heterocycles. The van der Waals surface area contributed by atoms with E-state index in [1.165, 1.54) is 12.1 Å². The van der Waals surface area contributed by atoms with E-state index in [1.54, 1.807) is 52.0 Å². The molecule has 0 fully saturated rings. The van der Waals surface area contributed by atoms with Crippen molar-refractivity contribution < 1.29 is 27.5 Å². The van der Waals surface area contributed by atoms with Gasteiger partial charge in [-0.05, 0) is 69.5 Å². The van der Waals surface area contributed by atoms with Crippen molar-refractivity contribution in [3.05, 3.63) is 53.1 Å². The number of hydrogen-bond donors (Lipinski definition) is 3. The van der Waals surface area contributed by atoms with Gasteiger partial charge in [-0.3, -0.25) is 4.79 Å². The smallest absolute Gasteiger partial charge is 0.407 e. The first-order valence-corrected chi connectivity index (χ1v) is 12.3. The van der Waals surface area contributed by atoms with Gasteiger partial charge in [0.15, 0.2) is 15.8 Å². The van der Waals surface area contributed by atoms with E-state index in [9.17, 15) is 18.0 Å². The first kappa shape index (κ1) is 26.7. The fourth-order valence-electron chi connectivity index (χ4n) is 2.91. The Hall–Kier alpha value is -3.60. The van der Waals surface area contributed by atoms with Gasteiger partial charge in [0.05, 0.1) is 0 Å². The highest BCUT2D eigenvalue weighted by Crippen LogP contribution is 2.32. The van der Waals surface area contributed by atoms with Gasteiger partial charge in [-0.1, -0.05) is 12.1 Å². The number of nitrogens with one attached hydrogen (secondary N) is 1. The highest BCUT2D eigenvalue weighted by molar-refractivity contribution is 7.90. The van der Waals surface area contributed by atoms with Gasteiger partial charge in [0.25, 0.3) is 5.91 Å². The maximum atomic E-state index is 12.3. The van der Waals surface area contributed by atoms with Crippen LogP contribution in [0.4, 0.5) is 4.79 Å². The Morgan fingerprint density at radius 3 is 2.24 bits per heavy atom. The van der Waals surface area contributed by atoms with Crippen molar-refractivity contribution in [3.8, 4) is 11.5 Å². The second kappa shape index (κ2) is 10.6. The summed E-state index contributed by atoms with van der Waals surface area (Å²) in [6.45, 7) is 7.37. The summed E-state index contributed by atoms with van der Waals surface area (Å²) < 4.78 is 35.7. The van der Waals surface area contributed by atoms with Crippen LogP contribution in [0.3, 0.4) is 0 Å². The number of aliphatic imine (C=N–C) groups is 1. The molecule has 0 aromatic heterocycles. The standard InChI is InChI=1S/C23H30N4O6S/c1-14-12-18(19(34(5,30)31)13-17(14)20(28)27-21(24)25)32-16-8-6-15(7-9-16)10-11-26-22(29)33-23(2,3)4/h6-9,12-13H,10-11H2,1-5H3,(H,26,29)(H4,24,25,27,28). The van der Waals surface area contributed by atoms with E-state index in [1.807, 2.05) is 0 Å². The fourth-order valence-corrected chi connectivity index (χ4v) is 3.71. The van der Waals surface area contributed by atoms with Crippen molar-refractivity contribution >= 4 is 27.8 Å². The summed E-state index contributed by atoms with van der Waals surface area (Å²) in [4.78, 5) is 27.3. The number of rotatable bonds is 7. The van der Waals surface area contributed by atoms with E-state index in [0.717, 1.165) is 11.8 Å². The molecule has 0 unspecified atom stereocenters. The summed E-state index contributed by atoms with van der Waals surface area (Å²) >= 11 is 0. The van der Waals surface area contributed by atoms with Crippen molar-refractivity contribution in [3.63, 3.8) is 0 Å². The topological polar surface area (TPSA) is 163 Å². The van der Waals surface area contributed by atoms with Gasteiger partial charge in [0.1, 0.15) is 22.0 Å². The molecule has 11 heteroatoms. The summed E-state index contributed by atoms with van der Waals surface area (Å²) in [5.74, 6) is -0.706. The second-order valence-electron chi connectivity index (χ2n) is 8.65. The molecule has 0 bridgehead atoms. The van der Waals surface area contributed by atoms with Crippen LogP contribution >= 0.6 is 0 Å². The fraction of sp³-hybridized carbons (Fsp3) is 0.348. The third kappa shape index (κ3) is 8.07. The van der Waals surface area contributed by atoms with Crippen LogP contribution in [0.15, 0.2) is 46.3 Å². The second-order valence-corrected chi connectivity index (χ2v) is 10.6. The lowest BCUT2D eigenvalue weighted by atomic mass is 10.1. The zero-order valence-electron chi connectivity index (χ0n) is 19.8. The molecule has 0 radical (unpaired) electrons. The lowest BCUT2D eigenvalue weighted by Crippen LogP contribution is -2.33. The van der Waals surface area contributed by atoms with E-state index in [2.05, 4.69) is 10.3 Å². The lowest BCUT2D eigenvalue weighted by molar-refractivity contribution is 0.0528. The van der Waals surface area contributed by atoms with Crippen LogP contribution in [0.2, 0.25) is 0 Å². The number of sulfone groups is 1. The Balaban J connectivity index is 2.17. The third-order valence-electron chi connectivity index (χ3n) is 4.38. The van der Waals surface area contributed by atoms with E-state index in [0.29, 0.717) is 24.3 Å². The molecule has 0 aliphatic heterocycles. The Bertz CT molecular complexity index is 1200. The van der Waals surface area contributed by atoms with Crippen LogP contribution in [0.1, 0.15) is 42.3 Å². The maximum Gasteiger partial charge on any atom is 0.407 e. The number of nitrogens with zero attached hydrogens (tertiary/aromatic N) is 1. The van der Waals surface area contributed by atoms with Crippen molar-refractivity contribution in [2.75, 3.05) is 12.8 Å². The van der Waals surface area contributed by atoms with Crippen molar-refractivity contribution in [1.29, 1.82) is 0 Å². The van der Waals surface area contributed by atoms with Crippen LogP contribution in [-0.4, -0.2) is 44.8 Å². The highest BCUT2D eigenvalue weighted by Gasteiger charge is 2.21. The van der Waals surface area contributed by atoms with Crippen LogP contribution in [-0.2, 0) is 21.0 Å². The molecule has 0 aliphatic carbocycles. The maximum absolute atomic E-state index is 12.3. The number of hydrogen-bond acceptors (Lipinski definition) is 6. The van der Waals surface area contributed by atoms with Crippen LogP contribution in [0, 0.1) is 6.92 Å². The largest absolute Gasteiger partial charge is 0.456 e. The minimum Gasteiger partial charge on any atom is -0.456 e. The minimum absolute atomic E-state index is 0.0500. The molecule has 34 heavy (non-hydrogen) atoms. The summed E-state index contributed by atoms with van der Waals surface area (Å²) in [6, 6.07) is 9.62. The Kier molecular flexibility index (Phi) is 8.27. The minimum atomic E-state index is -3.74. The molecule has 0 spiro atoms. The third-order valence-corrected chi connectivity index (χ3v) is 5.50. The molecule has 0 atom stereocenters. The highest BCUT2D eigenvalue weighted by atomic mass is 32.2. The number of ether oxygens (including phenoxy) is 2. The van der Waals surface area contributed by atoms with Gasteiger partial charge in [-0.2, -0.15) is 4.99 Å². The molecular weight excluding hydrogens is 460 g/mol. The first-order chi connectivity index (χ1) is 15.7. The SMILES string of the molecule is Cc1cc(Oc2ccc(CCNC(=O)OC(C)(C)C)cc2)c(S(C)(=O)=O)cc1C(=O)N=C(N)N. The van der Waals surface area contributed by atoms with Crippen molar-refractivity contribution in [1.82, 2.24) is 5.32 Å². The van der Waals surface area contributed by atoms with Gasteiger partial charge in [-0.25, -0.2) is 13.2 Å². The molecule has 184 valence electrons. The molecule has 2 rings (SSSR count). The quantitative estimate of drug-likeness (QED) is 0.394. The summed E-state index contributed by atoms with van der Waals surface area (Å²) in [6.07, 6.45) is 1.09. The predicted molar refractivity (Wildman–Crippen MR) is 129 cm³/mol. The summed E-state index contributed by atoms with van der Waals surface area (Å²) in [7, 11) is -3.74. The van der Waals surface area contributed by atoms with E-state index in [-0.39, 0.29) is 16.2 Å². The van der Waals surface area contributed by atoms with Crippen molar-refractivity contribution in [2.24, 2.45) is 16.5 Å². The molecule has 2 aromatic carbocycles. The Labute approximate surface area is 199 Å². The molecule has 5 N–H and O–H groups in total. The van der Waals surface area contributed by atoms with Gasteiger partial charge in [0, 0.05) is 18.4 Å². The number of guanidine groups is 1. The number of alkyl carbamates (subject to hydrolysis) is 1. The van der Waals surface area contributed by atoms with Gasteiger partial charge < -0.3 is 26.3 Å². The summed E-state index contributed by atoms with van der Waals surface area (Å²) in [5, 5.41) is 2.69. The van der Waals surface area contributed by atoms with E-state index >= 15 is 0 Å². The number of carbonyl (C=O) groups excluding carboxylic acids is 2. The molecule has 0 aliphatic rings. The first-order valence-electron chi connectivity index (χ1n) is 10.4. The molecule has 2 aromatic rings. The molecular formula is C23H30N4O6S. The number of amides is 2. The van der Waals surface area contributed by atoms with Gasteiger partial charge in [0.2, 0.25) is 0 Å². The van der Waals surface area contributed by atoms with Gasteiger partial charge >= 0.3 is 6.09 Å².